The number of aryl methyl sites for hydroxylation is 1. The van der Waals surface area contributed by atoms with E-state index in [9.17, 15) is 14.0 Å². The van der Waals surface area contributed by atoms with E-state index in [2.05, 4.69) is 39.9 Å². The third-order valence-electron chi connectivity index (χ3n) is 5.83. The fraction of sp³-hybridized carbons (Fsp3) is 0.320. The summed E-state index contributed by atoms with van der Waals surface area (Å²) in [6.45, 7) is 3.65. The fourth-order valence-electron chi connectivity index (χ4n) is 3.93. The van der Waals surface area contributed by atoms with Gasteiger partial charge in [0.05, 0.1) is 10.7 Å². The SMILES string of the molecule is Cc1nc(-c2ccc(CCNC(=O)C3CCN(C(=O)c4ccc(F)cc4)CC3)cc2)cs1. The molecule has 0 atom stereocenters. The Bertz CT molecular complexity index is 1070. The van der Waals surface area contributed by atoms with Crippen molar-refractivity contribution in [3.63, 3.8) is 0 Å². The van der Waals surface area contributed by atoms with Crippen LogP contribution in [0.15, 0.2) is 53.9 Å². The van der Waals surface area contributed by atoms with Crippen LogP contribution in [0.1, 0.15) is 33.8 Å². The minimum atomic E-state index is -0.359. The molecule has 0 spiro atoms. The van der Waals surface area contributed by atoms with Gasteiger partial charge in [-0.1, -0.05) is 24.3 Å². The van der Waals surface area contributed by atoms with Gasteiger partial charge in [-0.25, -0.2) is 9.37 Å². The van der Waals surface area contributed by atoms with Crippen LogP contribution in [0.25, 0.3) is 11.3 Å². The van der Waals surface area contributed by atoms with E-state index in [0.717, 1.165) is 22.7 Å². The summed E-state index contributed by atoms with van der Waals surface area (Å²) in [5, 5.41) is 6.15. The van der Waals surface area contributed by atoms with Crippen molar-refractivity contribution in [1.82, 2.24) is 15.2 Å². The largest absolute Gasteiger partial charge is 0.356 e. The molecule has 0 saturated carbocycles. The molecule has 1 aliphatic heterocycles. The van der Waals surface area contributed by atoms with E-state index < -0.39 is 0 Å². The summed E-state index contributed by atoms with van der Waals surface area (Å²) in [5.41, 5.74) is 3.74. The number of carbonyl (C=O) groups is 2. The van der Waals surface area contributed by atoms with Crippen LogP contribution in [0.5, 0.6) is 0 Å². The molecule has 4 rings (SSSR count). The fourth-order valence-corrected chi connectivity index (χ4v) is 4.55. The van der Waals surface area contributed by atoms with Gasteiger partial charge in [0.15, 0.2) is 0 Å². The van der Waals surface area contributed by atoms with E-state index in [0.29, 0.717) is 38.0 Å². The third kappa shape index (κ3) is 5.40. The molecule has 0 unspecified atom stereocenters. The number of nitrogens with one attached hydrogen (secondary N) is 1. The lowest BCUT2D eigenvalue weighted by Gasteiger charge is -2.31. The molecular weight excluding hydrogens is 425 g/mol. The van der Waals surface area contributed by atoms with Crippen molar-refractivity contribution < 1.29 is 14.0 Å². The predicted octanol–water partition coefficient (Wildman–Crippen LogP) is 4.47. The quantitative estimate of drug-likeness (QED) is 0.602. The average Bonchev–Trinajstić information content (AvgIpc) is 3.26. The monoisotopic (exact) mass is 451 g/mol. The Kier molecular flexibility index (Phi) is 6.95. The van der Waals surface area contributed by atoms with Crippen LogP contribution < -0.4 is 5.32 Å². The van der Waals surface area contributed by atoms with E-state index in [1.807, 2.05) is 6.92 Å². The van der Waals surface area contributed by atoms with Gasteiger partial charge >= 0.3 is 0 Å². The van der Waals surface area contributed by atoms with E-state index >= 15 is 0 Å². The highest BCUT2D eigenvalue weighted by atomic mass is 32.1. The molecule has 1 aromatic heterocycles. The molecule has 3 aromatic rings. The zero-order chi connectivity index (χ0) is 22.5. The van der Waals surface area contributed by atoms with Gasteiger partial charge in [-0.3, -0.25) is 9.59 Å². The average molecular weight is 452 g/mol. The van der Waals surface area contributed by atoms with Gasteiger partial charge in [-0.15, -0.1) is 11.3 Å². The normalized spacial score (nSPS) is 14.4. The summed E-state index contributed by atoms with van der Waals surface area (Å²) in [7, 11) is 0. The number of piperidine rings is 1. The molecule has 166 valence electrons. The molecular formula is C25H26FN3O2S. The Morgan fingerprint density at radius 3 is 2.41 bits per heavy atom. The van der Waals surface area contributed by atoms with Gasteiger partial charge in [0.1, 0.15) is 5.82 Å². The second-order valence-electron chi connectivity index (χ2n) is 8.06. The Labute approximate surface area is 191 Å². The first kappa shape index (κ1) is 22.1. The Morgan fingerprint density at radius 1 is 1.09 bits per heavy atom. The second-order valence-corrected chi connectivity index (χ2v) is 9.13. The number of nitrogens with zero attached hydrogens (tertiary/aromatic N) is 2. The number of likely N-dealkylation sites (tertiary alicyclic amines) is 1. The maximum atomic E-state index is 13.1. The van der Waals surface area contributed by atoms with E-state index in [1.165, 1.54) is 29.8 Å². The summed E-state index contributed by atoms with van der Waals surface area (Å²) in [6, 6.07) is 13.9. The number of amides is 2. The van der Waals surface area contributed by atoms with Crippen LogP contribution in [0.2, 0.25) is 0 Å². The molecule has 32 heavy (non-hydrogen) atoms. The highest BCUT2D eigenvalue weighted by Gasteiger charge is 2.27. The molecule has 1 fully saturated rings. The van der Waals surface area contributed by atoms with Crippen molar-refractivity contribution in [3.8, 4) is 11.3 Å². The lowest BCUT2D eigenvalue weighted by atomic mass is 9.95. The Hall–Kier alpha value is -3.06. The summed E-state index contributed by atoms with van der Waals surface area (Å²) < 4.78 is 13.1. The molecule has 0 bridgehead atoms. The lowest BCUT2D eigenvalue weighted by molar-refractivity contribution is -0.126. The first-order valence-corrected chi connectivity index (χ1v) is 11.7. The van der Waals surface area contributed by atoms with Crippen LogP contribution in [0.4, 0.5) is 4.39 Å². The number of thiazole rings is 1. The Balaban J connectivity index is 1.20. The van der Waals surface area contributed by atoms with Gasteiger partial charge < -0.3 is 10.2 Å². The van der Waals surface area contributed by atoms with Gasteiger partial charge in [0.25, 0.3) is 5.91 Å². The molecule has 1 N–H and O–H groups in total. The number of benzene rings is 2. The van der Waals surface area contributed by atoms with Crippen molar-refractivity contribution in [3.05, 3.63) is 75.9 Å². The molecule has 0 aliphatic carbocycles. The minimum Gasteiger partial charge on any atom is -0.356 e. The lowest BCUT2D eigenvalue weighted by Crippen LogP contribution is -2.43. The first-order chi connectivity index (χ1) is 15.5. The van der Waals surface area contributed by atoms with Crippen molar-refractivity contribution >= 4 is 23.2 Å². The molecule has 2 aromatic carbocycles. The molecule has 2 amide bonds. The van der Waals surface area contributed by atoms with Crippen LogP contribution >= 0.6 is 11.3 Å². The van der Waals surface area contributed by atoms with Crippen molar-refractivity contribution in [2.24, 2.45) is 5.92 Å². The van der Waals surface area contributed by atoms with Crippen LogP contribution in [-0.4, -0.2) is 41.3 Å². The second kappa shape index (κ2) is 10.0. The van der Waals surface area contributed by atoms with Gasteiger partial charge in [0, 0.05) is 42.1 Å². The summed E-state index contributed by atoms with van der Waals surface area (Å²) in [6.07, 6.45) is 2.05. The zero-order valence-corrected chi connectivity index (χ0v) is 18.8. The van der Waals surface area contributed by atoms with E-state index in [-0.39, 0.29) is 23.5 Å². The molecule has 2 heterocycles. The third-order valence-corrected chi connectivity index (χ3v) is 6.60. The van der Waals surface area contributed by atoms with E-state index in [4.69, 9.17) is 0 Å². The van der Waals surface area contributed by atoms with Crippen LogP contribution in [0.3, 0.4) is 0 Å². The molecule has 7 heteroatoms. The van der Waals surface area contributed by atoms with Gasteiger partial charge in [-0.2, -0.15) is 0 Å². The first-order valence-electron chi connectivity index (χ1n) is 10.8. The summed E-state index contributed by atoms with van der Waals surface area (Å²) in [4.78, 5) is 31.3. The Morgan fingerprint density at radius 2 is 1.78 bits per heavy atom. The molecule has 5 nitrogen and oxygen atoms in total. The highest BCUT2D eigenvalue weighted by Crippen LogP contribution is 2.22. The number of halogens is 1. The van der Waals surface area contributed by atoms with Crippen molar-refractivity contribution in [2.45, 2.75) is 26.2 Å². The van der Waals surface area contributed by atoms with Gasteiger partial charge in [0.2, 0.25) is 5.91 Å². The number of carbonyl (C=O) groups excluding carboxylic acids is 2. The number of rotatable bonds is 6. The standard InChI is InChI=1S/C25H26FN3O2S/c1-17-28-23(16-32-17)19-4-2-18(3-5-19)10-13-27-24(30)20-11-14-29(15-12-20)25(31)21-6-8-22(26)9-7-21/h2-9,16,20H,10-15H2,1H3,(H,27,30). The van der Waals surface area contributed by atoms with Crippen molar-refractivity contribution in [1.29, 1.82) is 0 Å². The molecule has 1 saturated heterocycles. The van der Waals surface area contributed by atoms with Crippen LogP contribution in [-0.2, 0) is 11.2 Å². The van der Waals surface area contributed by atoms with Crippen molar-refractivity contribution in [2.75, 3.05) is 19.6 Å². The summed E-state index contributed by atoms with van der Waals surface area (Å²) >= 11 is 1.64. The molecule has 0 radical (unpaired) electrons. The van der Waals surface area contributed by atoms with Gasteiger partial charge in [-0.05, 0) is 56.0 Å². The molecule has 1 aliphatic rings. The number of aromatic nitrogens is 1. The van der Waals surface area contributed by atoms with Crippen LogP contribution in [0, 0.1) is 18.7 Å². The maximum Gasteiger partial charge on any atom is 0.253 e. The highest BCUT2D eigenvalue weighted by molar-refractivity contribution is 7.09. The maximum absolute atomic E-state index is 13.1. The predicted molar refractivity (Wildman–Crippen MR) is 124 cm³/mol. The smallest absolute Gasteiger partial charge is 0.253 e. The summed E-state index contributed by atoms with van der Waals surface area (Å²) in [5.74, 6) is -0.501. The minimum absolute atomic E-state index is 0.0495. The number of hydrogen-bond donors (Lipinski definition) is 1. The number of hydrogen-bond acceptors (Lipinski definition) is 4. The van der Waals surface area contributed by atoms with E-state index in [1.54, 1.807) is 16.2 Å². The zero-order valence-electron chi connectivity index (χ0n) is 18.0. The topological polar surface area (TPSA) is 62.3 Å².